The first-order valence-corrected chi connectivity index (χ1v) is 5.19. The summed E-state index contributed by atoms with van der Waals surface area (Å²) in [5, 5.41) is 2.83. The Labute approximate surface area is 89.5 Å². The van der Waals surface area contributed by atoms with Crippen molar-refractivity contribution in [2.75, 3.05) is 13.1 Å². The molecule has 0 radical (unpaired) electrons. The van der Waals surface area contributed by atoms with E-state index in [9.17, 15) is 4.79 Å². The highest BCUT2D eigenvalue weighted by molar-refractivity contribution is 5.75. The maximum atomic E-state index is 11.2. The number of amides is 1. The first-order chi connectivity index (χ1) is 7.24. The summed E-state index contributed by atoms with van der Waals surface area (Å²) in [5.41, 5.74) is 7.38. The molecule has 0 spiro atoms. The van der Waals surface area contributed by atoms with Crippen molar-refractivity contribution in [1.29, 1.82) is 0 Å². The van der Waals surface area contributed by atoms with Gasteiger partial charge in [0.15, 0.2) is 0 Å². The third kappa shape index (κ3) is 4.12. The van der Waals surface area contributed by atoms with E-state index in [1.54, 1.807) is 6.33 Å². The average Bonchev–Trinajstić information content (AvgIpc) is 2.61. The van der Waals surface area contributed by atoms with Crippen LogP contribution < -0.4 is 11.1 Å². The molecule has 0 aliphatic rings. The van der Waals surface area contributed by atoms with Crippen LogP contribution in [0.25, 0.3) is 0 Å². The Morgan fingerprint density at radius 3 is 3.07 bits per heavy atom. The average molecular weight is 210 g/mol. The standard InChI is InChI=1S/C10H18N4O/c1-8-9(14-7-13-8)4-6-12-10(15)3-2-5-11/h7H,2-6,11H2,1H3,(H,12,15)(H,13,14). The number of hydrogen-bond acceptors (Lipinski definition) is 3. The fourth-order valence-electron chi connectivity index (χ4n) is 1.31. The summed E-state index contributed by atoms with van der Waals surface area (Å²) in [6.45, 7) is 3.17. The Hall–Kier alpha value is -1.36. The Balaban J connectivity index is 2.16. The van der Waals surface area contributed by atoms with Crippen LogP contribution in [0.3, 0.4) is 0 Å². The number of hydrogen-bond donors (Lipinski definition) is 3. The second-order valence-corrected chi connectivity index (χ2v) is 3.47. The highest BCUT2D eigenvalue weighted by Gasteiger charge is 2.02. The van der Waals surface area contributed by atoms with Crippen LogP contribution in [0.1, 0.15) is 24.2 Å². The molecule has 0 bridgehead atoms. The van der Waals surface area contributed by atoms with E-state index in [0.29, 0.717) is 19.5 Å². The number of carbonyl (C=O) groups is 1. The molecule has 1 rings (SSSR count). The number of carbonyl (C=O) groups excluding carboxylic acids is 1. The lowest BCUT2D eigenvalue weighted by molar-refractivity contribution is -0.121. The fraction of sp³-hybridized carbons (Fsp3) is 0.600. The molecule has 1 heterocycles. The van der Waals surface area contributed by atoms with Gasteiger partial charge in [0.2, 0.25) is 5.91 Å². The second-order valence-electron chi connectivity index (χ2n) is 3.47. The van der Waals surface area contributed by atoms with Crippen LogP contribution in [0.2, 0.25) is 0 Å². The summed E-state index contributed by atoms with van der Waals surface area (Å²) < 4.78 is 0. The van der Waals surface area contributed by atoms with Crippen LogP contribution in [-0.2, 0) is 11.2 Å². The molecule has 15 heavy (non-hydrogen) atoms. The van der Waals surface area contributed by atoms with E-state index in [-0.39, 0.29) is 5.91 Å². The zero-order valence-corrected chi connectivity index (χ0v) is 9.05. The van der Waals surface area contributed by atoms with E-state index in [1.165, 1.54) is 0 Å². The molecule has 5 heteroatoms. The van der Waals surface area contributed by atoms with E-state index in [2.05, 4.69) is 15.3 Å². The van der Waals surface area contributed by atoms with Gasteiger partial charge in [0.1, 0.15) is 0 Å². The third-order valence-electron chi connectivity index (χ3n) is 2.23. The molecule has 0 saturated heterocycles. The topological polar surface area (TPSA) is 83.8 Å². The van der Waals surface area contributed by atoms with Crippen LogP contribution in [0.15, 0.2) is 6.33 Å². The van der Waals surface area contributed by atoms with Crippen molar-refractivity contribution >= 4 is 5.91 Å². The van der Waals surface area contributed by atoms with Gasteiger partial charge in [0.05, 0.1) is 12.0 Å². The normalized spacial score (nSPS) is 10.3. The van der Waals surface area contributed by atoms with Gasteiger partial charge in [0.25, 0.3) is 0 Å². The van der Waals surface area contributed by atoms with Gasteiger partial charge in [-0.05, 0) is 19.9 Å². The lowest BCUT2D eigenvalue weighted by Crippen LogP contribution is -2.26. The number of nitrogens with two attached hydrogens (primary N) is 1. The number of rotatable bonds is 6. The molecular formula is C10H18N4O. The van der Waals surface area contributed by atoms with Gasteiger partial charge in [-0.2, -0.15) is 0 Å². The molecule has 1 aromatic heterocycles. The Morgan fingerprint density at radius 1 is 1.67 bits per heavy atom. The smallest absolute Gasteiger partial charge is 0.220 e. The van der Waals surface area contributed by atoms with Crippen LogP contribution in [0, 0.1) is 6.92 Å². The summed E-state index contributed by atoms with van der Waals surface area (Å²) in [7, 11) is 0. The number of H-pyrrole nitrogens is 1. The van der Waals surface area contributed by atoms with Gasteiger partial charge < -0.3 is 16.0 Å². The number of aryl methyl sites for hydroxylation is 1. The van der Waals surface area contributed by atoms with E-state index >= 15 is 0 Å². The first-order valence-electron chi connectivity index (χ1n) is 5.19. The lowest BCUT2D eigenvalue weighted by Gasteiger charge is -2.03. The van der Waals surface area contributed by atoms with Gasteiger partial charge in [-0.1, -0.05) is 0 Å². The van der Waals surface area contributed by atoms with E-state index in [0.717, 1.165) is 24.2 Å². The molecule has 5 nitrogen and oxygen atoms in total. The summed E-state index contributed by atoms with van der Waals surface area (Å²) in [4.78, 5) is 18.4. The zero-order valence-electron chi connectivity index (χ0n) is 9.05. The molecule has 0 unspecified atom stereocenters. The quantitative estimate of drug-likeness (QED) is 0.623. The van der Waals surface area contributed by atoms with Crippen molar-refractivity contribution in [2.45, 2.75) is 26.2 Å². The van der Waals surface area contributed by atoms with Crippen LogP contribution in [-0.4, -0.2) is 29.0 Å². The number of nitrogens with one attached hydrogen (secondary N) is 2. The molecule has 0 aliphatic carbocycles. The largest absolute Gasteiger partial charge is 0.356 e. The second kappa shape index (κ2) is 6.19. The van der Waals surface area contributed by atoms with Crippen molar-refractivity contribution in [3.8, 4) is 0 Å². The molecule has 0 atom stereocenters. The van der Waals surface area contributed by atoms with Crippen LogP contribution in [0.4, 0.5) is 0 Å². The monoisotopic (exact) mass is 210 g/mol. The molecule has 0 fully saturated rings. The molecular weight excluding hydrogens is 192 g/mol. The van der Waals surface area contributed by atoms with Crippen molar-refractivity contribution in [3.05, 3.63) is 17.7 Å². The predicted octanol–water partition coefficient (Wildman–Crippen LogP) is 0.116. The summed E-state index contributed by atoms with van der Waals surface area (Å²) in [5.74, 6) is 0.0636. The summed E-state index contributed by atoms with van der Waals surface area (Å²) in [6, 6.07) is 0. The summed E-state index contributed by atoms with van der Waals surface area (Å²) in [6.07, 6.45) is 3.69. The van der Waals surface area contributed by atoms with E-state index in [1.807, 2.05) is 6.92 Å². The number of nitrogens with zero attached hydrogens (tertiary/aromatic N) is 1. The van der Waals surface area contributed by atoms with Gasteiger partial charge >= 0.3 is 0 Å². The SMILES string of the molecule is Cc1[nH]cnc1CCNC(=O)CCCN. The first kappa shape index (κ1) is 11.7. The van der Waals surface area contributed by atoms with Crippen LogP contribution in [0.5, 0.6) is 0 Å². The van der Waals surface area contributed by atoms with Gasteiger partial charge in [-0.3, -0.25) is 4.79 Å². The fourth-order valence-corrected chi connectivity index (χ4v) is 1.31. The van der Waals surface area contributed by atoms with E-state index < -0.39 is 0 Å². The van der Waals surface area contributed by atoms with Crippen LogP contribution >= 0.6 is 0 Å². The predicted molar refractivity (Wildman–Crippen MR) is 58.3 cm³/mol. The molecule has 0 saturated carbocycles. The molecule has 84 valence electrons. The maximum Gasteiger partial charge on any atom is 0.220 e. The molecule has 0 aromatic carbocycles. The Morgan fingerprint density at radius 2 is 2.47 bits per heavy atom. The molecule has 1 aromatic rings. The zero-order chi connectivity index (χ0) is 11.1. The minimum absolute atomic E-state index is 0.0636. The van der Waals surface area contributed by atoms with Crippen molar-refractivity contribution in [1.82, 2.24) is 15.3 Å². The lowest BCUT2D eigenvalue weighted by atomic mass is 10.2. The minimum Gasteiger partial charge on any atom is -0.356 e. The maximum absolute atomic E-state index is 11.2. The minimum atomic E-state index is 0.0636. The molecule has 1 amide bonds. The molecule has 0 aliphatic heterocycles. The highest BCUT2D eigenvalue weighted by Crippen LogP contribution is 2.00. The Kier molecular flexibility index (Phi) is 4.83. The van der Waals surface area contributed by atoms with Crippen molar-refractivity contribution in [2.24, 2.45) is 5.73 Å². The highest BCUT2D eigenvalue weighted by atomic mass is 16.1. The van der Waals surface area contributed by atoms with Gasteiger partial charge in [-0.15, -0.1) is 0 Å². The summed E-state index contributed by atoms with van der Waals surface area (Å²) >= 11 is 0. The van der Waals surface area contributed by atoms with Crippen molar-refractivity contribution < 1.29 is 4.79 Å². The van der Waals surface area contributed by atoms with Gasteiger partial charge in [-0.25, -0.2) is 4.98 Å². The third-order valence-corrected chi connectivity index (χ3v) is 2.23. The van der Waals surface area contributed by atoms with Crippen molar-refractivity contribution in [3.63, 3.8) is 0 Å². The number of aromatic amines is 1. The van der Waals surface area contributed by atoms with Gasteiger partial charge in [0, 0.05) is 25.1 Å². The number of aromatic nitrogens is 2. The molecule has 4 N–H and O–H groups in total. The number of imidazole rings is 1. The van der Waals surface area contributed by atoms with E-state index in [4.69, 9.17) is 5.73 Å². The Bertz CT molecular complexity index is 308.